The van der Waals surface area contributed by atoms with Crippen molar-refractivity contribution in [3.63, 3.8) is 0 Å². The second-order valence-electron chi connectivity index (χ2n) is 5.09. The zero-order chi connectivity index (χ0) is 15.1. The smallest absolute Gasteiger partial charge is 0.146 e. The third-order valence-electron chi connectivity index (χ3n) is 3.70. The largest absolute Gasteiger partial charge is 0.456 e. The number of nitrogens with two attached hydrogens (primary N) is 1. The van der Waals surface area contributed by atoms with Crippen LogP contribution in [0.1, 0.15) is 0 Å². The van der Waals surface area contributed by atoms with Crippen LogP contribution in [0.4, 0.5) is 5.82 Å². The molecule has 0 aliphatic carbocycles. The van der Waals surface area contributed by atoms with Gasteiger partial charge in [-0.3, -0.25) is 0 Å². The second kappa shape index (κ2) is 4.73. The molecule has 0 aliphatic heterocycles. The van der Waals surface area contributed by atoms with Gasteiger partial charge in [0.1, 0.15) is 29.1 Å². The van der Waals surface area contributed by atoms with Gasteiger partial charge in [-0.1, -0.05) is 24.3 Å². The molecule has 0 atom stereocenters. The molecular weight excluding hydrogens is 276 g/mol. The molecule has 108 valence electrons. The van der Waals surface area contributed by atoms with Crippen molar-refractivity contribution in [3.8, 4) is 11.3 Å². The first-order chi connectivity index (χ1) is 10.8. The minimum atomic E-state index is 0.447. The van der Waals surface area contributed by atoms with E-state index in [4.69, 9.17) is 10.2 Å². The molecule has 0 spiro atoms. The highest BCUT2D eigenvalue weighted by Crippen LogP contribution is 2.35. The lowest BCUT2D eigenvalue weighted by Crippen LogP contribution is -1.97. The van der Waals surface area contributed by atoms with E-state index in [-0.39, 0.29) is 0 Å². The molecule has 4 aromatic rings. The maximum absolute atomic E-state index is 6.07. The summed E-state index contributed by atoms with van der Waals surface area (Å²) in [5, 5.41) is 1.86. The molecule has 0 amide bonds. The van der Waals surface area contributed by atoms with E-state index in [1.54, 1.807) is 0 Å². The fourth-order valence-corrected chi connectivity index (χ4v) is 2.73. The maximum atomic E-state index is 6.07. The van der Waals surface area contributed by atoms with E-state index in [9.17, 15) is 0 Å². The molecule has 0 aliphatic rings. The number of fused-ring (bicyclic) bond motifs is 2. The van der Waals surface area contributed by atoms with Crippen molar-refractivity contribution in [2.75, 3.05) is 5.73 Å². The van der Waals surface area contributed by atoms with Crippen molar-refractivity contribution in [2.24, 2.45) is 0 Å². The molecule has 0 saturated heterocycles. The molecule has 4 rings (SSSR count). The van der Waals surface area contributed by atoms with Gasteiger partial charge >= 0.3 is 0 Å². The summed E-state index contributed by atoms with van der Waals surface area (Å²) in [7, 11) is 0. The van der Waals surface area contributed by atoms with Crippen LogP contribution in [0.5, 0.6) is 0 Å². The summed E-state index contributed by atoms with van der Waals surface area (Å²) in [6.45, 7) is 4.43. The van der Waals surface area contributed by atoms with E-state index in [1.807, 2.05) is 47.2 Å². The minimum absolute atomic E-state index is 0.447. The molecule has 0 saturated carbocycles. The summed E-state index contributed by atoms with van der Waals surface area (Å²) in [5.74, 6) is 1.21. The van der Waals surface area contributed by atoms with Crippen LogP contribution in [0.15, 0.2) is 59.9 Å². The fraction of sp³-hybridized carbons (Fsp3) is 0.0588. The number of furan rings is 1. The van der Waals surface area contributed by atoms with Gasteiger partial charge in [-0.2, -0.15) is 0 Å². The van der Waals surface area contributed by atoms with Crippen LogP contribution in [0.25, 0.3) is 33.3 Å². The van der Waals surface area contributed by atoms with Gasteiger partial charge in [0, 0.05) is 23.7 Å². The normalized spacial score (nSPS) is 11.3. The number of allylic oxidation sites excluding steroid dienone is 1. The Morgan fingerprint density at radius 2 is 2.14 bits per heavy atom. The Morgan fingerprint density at radius 3 is 2.95 bits per heavy atom. The lowest BCUT2D eigenvalue weighted by atomic mass is 10.1. The van der Waals surface area contributed by atoms with Gasteiger partial charge in [0.25, 0.3) is 0 Å². The van der Waals surface area contributed by atoms with E-state index in [0.717, 1.165) is 33.3 Å². The van der Waals surface area contributed by atoms with Crippen LogP contribution in [0.2, 0.25) is 0 Å². The molecule has 3 heterocycles. The molecule has 2 N–H and O–H groups in total. The second-order valence-corrected chi connectivity index (χ2v) is 5.09. The molecule has 0 fully saturated rings. The number of benzene rings is 1. The standard InChI is InChI=1S/C17H14N4O/c1-2-7-21-9-12(15-16(18)19-10-20-17(15)21)14-8-11-5-3-4-6-13(11)22-14/h2-6,8-10H,1,7H2,(H2,18,19,20). The average Bonchev–Trinajstić information content (AvgIpc) is 3.10. The van der Waals surface area contributed by atoms with Gasteiger partial charge in [-0.25, -0.2) is 9.97 Å². The summed E-state index contributed by atoms with van der Waals surface area (Å²) in [6.07, 6.45) is 5.27. The zero-order valence-corrected chi connectivity index (χ0v) is 11.9. The number of hydrogen-bond acceptors (Lipinski definition) is 4. The highest BCUT2D eigenvalue weighted by atomic mass is 16.3. The average molecular weight is 290 g/mol. The predicted molar refractivity (Wildman–Crippen MR) is 87.3 cm³/mol. The SMILES string of the molecule is C=CCn1cc(-c2cc3ccccc3o2)c2c(N)ncnc21. The Kier molecular flexibility index (Phi) is 2.72. The van der Waals surface area contributed by atoms with Gasteiger partial charge in [0.05, 0.1) is 5.39 Å². The molecule has 0 bridgehead atoms. The minimum Gasteiger partial charge on any atom is -0.456 e. The van der Waals surface area contributed by atoms with Crippen molar-refractivity contribution in [3.05, 3.63) is 55.5 Å². The van der Waals surface area contributed by atoms with Crippen LogP contribution >= 0.6 is 0 Å². The highest BCUT2D eigenvalue weighted by molar-refractivity contribution is 6.01. The molecule has 5 heteroatoms. The van der Waals surface area contributed by atoms with E-state index in [2.05, 4.69) is 16.5 Å². The van der Waals surface area contributed by atoms with Crippen LogP contribution in [-0.4, -0.2) is 14.5 Å². The van der Waals surface area contributed by atoms with Gasteiger partial charge in [-0.15, -0.1) is 6.58 Å². The third kappa shape index (κ3) is 1.79. The van der Waals surface area contributed by atoms with Crippen molar-refractivity contribution >= 4 is 27.8 Å². The molecule has 3 aromatic heterocycles. The van der Waals surface area contributed by atoms with Crippen molar-refractivity contribution in [1.29, 1.82) is 0 Å². The first-order valence-electron chi connectivity index (χ1n) is 6.97. The number of nitrogen functional groups attached to an aromatic ring is 1. The highest BCUT2D eigenvalue weighted by Gasteiger charge is 2.17. The van der Waals surface area contributed by atoms with Crippen molar-refractivity contribution in [2.45, 2.75) is 6.54 Å². The van der Waals surface area contributed by atoms with E-state index in [0.29, 0.717) is 12.4 Å². The lowest BCUT2D eigenvalue weighted by molar-refractivity contribution is 0.632. The Hall–Kier alpha value is -3.08. The quantitative estimate of drug-likeness (QED) is 0.585. The lowest BCUT2D eigenvalue weighted by Gasteiger charge is -1.99. The van der Waals surface area contributed by atoms with Crippen LogP contribution < -0.4 is 5.73 Å². The summed E-state index contributed by atoms with van der Waals surface area (Å²) in [6, 6.07) is 9.91. The molecule has 22 heavy (non-hydrogen) atoms. The molecule has 1 aromatic carbocycles. The molecular formula is C17H14N4O. The molecule has 5 nitrogen and oxygen atoms in total. The fourth-order valence-electron chi connectivity index (χ4n) is 2.73. The van der Waals surface area contributed by atoms with Crippen molar-refractivity contribution in [1.82, 2.24) is 14.5 Å². The topological polar surface area (TPSA) is 69.9 Å². The number of hydrogen-bond donors (Lipinski definition) is 1. The van der Waals surface area contributed by atoms with Gasteiger partial charge in [0.2, 0.25) is 0 Å². The van der Waals surface area contributed by atoms with Crippen LogP contribution in [-0.2, 0) is 6.54 Å². The summed E-state index contributed by atoms with van der Waals surface area (Å²) in [5.41, 5.74) is 8.59. The first kappa shape index (κ1) is 12.6. The number of nitrogens with zero attached hydrogens (tertiary/aromatic N) is 3. The van der Waals surface area contributed by atoms with E-state index < -0.39 is 0 Å². The molecule has 0 unspecified atom stereocenters. The number of para-hydroxylation sites is 1. The number of anilines is 1. The van der Waals surface area contributed by atoms with Gasteiger partial charge in [-0.05, 0) is 12.1 Å². The predicted octanol–water partition coefficient (Wildman–Crippen LogP) is 3.61. The van der Waals surface area contributed by atoms with E-state index >= 15 is 0 Å². The number of aromatic nitrogens is 3. The Labute approximate surface area is 126 Å². The van der Waals surface area contributed by atoms with Crippen molar-refractivity contribution < 1.29 is 4.42 Å². The Bertz CT molecular complexity index is 963. The van der Waals surface area contributed by atoms with Gasteiger partial charge in [0.15, 0.2) is 0 Å². The third-order valence-corrected chi connectivity index (χ3v) is 3.70. The summed E-state index contributed by atoms with van der Waals surface area (Å²) in [4.78, 5) is 8.45. The van der Waals surface area contributed by atoms with Crippen LogP contribution in [0.3, 0.4) is 0 Å². The van der Waals surface area contributed by atoms with E-state index in [1.165, 1.54) is 6.33 Å². The van der Waals surface area contributed by atoms with Gasteiger partial charge < -0.3 is 14.7 Å². The number of rotatable bonds is 3. The Balaban J connectivity index is 2.03. The Morgan fingerprint density at radius 1 is 1.27 bits per heavy atom. The zero-order valence-electron chi connectivity index (χ0n) is 11.9. The molecule has 0 radical (unpaired) electrons. The first-order valence-corrected chi connectivity index (χ1v) is 6.97. The summed E-state index contributed by atoms with van der Waals surface area (Å²) < 4.78 is 7.95. The maximum Gasteiger partial charge on any atom is 0.146 e. The van der Waals surface area contributed by atoms with Crippen LogP contribution in [0, 0.1) is 0 Å². The monoisotopic (exact) mass is 290 g/mol. The summed E-state index contributed by atoms with van der Waals surface area (Å²) >= 11 is 0.